The maximum atomic E-state index is 12.7. The van der Waals surface area contributed by atoms with E-state index >= 15 is 0 Å². The molecule has 0 aromatic carbocycles. The molecular formula is C29H42O8. The summed E-state index contributed by atoms with van der Waals surface area (Å²) in [6.07, 6.45) is 5.84. The summed E-state index contributed by atoms with van der Waals surface area (Å²) in [7, 11) is 1.65. The van der Waals surface area contributed by atoms with Gasteiger partial charge in [-0.05, 0) is 49.5 Å². The van der Waals surface area contributed by atoms with Crippen LogP contribution in [0, 0.1) is 22.7 Å². The van der Waals surface area contributed by atoms with Gasteiger partial charge < -0.3 is 18.9 Å². The molecule has 8 atom stereocenters. The van der Waals surface area contributed by atoms with Gasteiger partial charge in [-0.25, -0.2) is 0 Å². The molecule has 1 saturated carbocycles. The first-order chi connectivity index (χ1) is 17.4. The normalized spacial score (nSPS) is 37.1. The zero-order valence-electron chi connectivity index (χ0n) is 23.2. The van der Waals surface area contributed by atoms with E-state index in [2.05, 4.69) is 26.5 Å². The van der Waals surface area contributed by atoms with Gasteiger partial charge in [-0.3, -0.25) is 19.1 Å². The number of esters is 3. The molecule has 3 aliphatic rings. The van der Waals surface area contributed by atoms with E-state index in [1.54, 1.807) is 7.11 Å². The van der Waals surface area contributed by atoms with Crippen LogP contribution in [0.5, 0.6) is 0 Å². The summed E-state index contributed by atoms with van der Waals surface area (Å²) in [6, 6.07) is 0. The van der Waals surface area contributed by atoms with Crippen molar-refractivity contribution in [3.8, 4) is 0 Å². The van der Waals surface area contributed by atoms with Gasteiger partial charge in [0.2, 0.25) is 12.6 Å². The standard InChI is InChI=1S/C29H42O8/c1-9-11-25(32)36-23-16-29-22(26(34-19(5)30)37-27(29)35-20(6)31)14-21(33-8)15-24(29)28(7,18(23)4)13-12-17(3)10-2/h10,12,14,18,21,23-24,26-27H,2,9,11,13,15-16H2,1,3-8H3/t18-,21+,23-,24+,26+,27-,28-,29-/m1/s1. The third-order valence-corrected chi connectivity index (χ3v) is 8.62. The SMILES string of the molecule is C=CC(C)=CC[C@]1(C)[C@H](C)[C@H](OC(=O)CCC)C[C@@]23C(=C[C@H](OC)C[C@@H]12)[C@@H](OC(C)=O)O[C@H]3OC(C)=O. The monoisotopic (exact) mass is 518 g/mol. The molecule has 206 valence electrons. The number of ether oxygens (including phenoxy) is 5. The van der Waals surface area contributed by atoms with Crippen molar-refractivity contribution in [3.63, 3.8) is 0 Å². The molecule has 2 aliphatic carbocycles. The van der Waals surface area contributed by atoms with Crippen molar-refractivity contribution in [3.05, 3.63) is 36.0 Å². The zero-order valence-corrected chi connectivity index (χ0v) is 23.2. The lowest BCUT2D eigenvalue weighted by Gasteiger charge is -2.60. The Kier molecular flexibility index (Phi) is 9.06. The highest BCUT2D eigenvalue weighted by molar-refractivity contribution is 5.69. The van der Waals surface area contributed by atoms with E-state index in [0.717, 1.165) is 5.57 Å². The minimum atomic E-state index is -1.03. The van der Waals surface area contributed by atoms with Gasteiger partial charge in [0.1, 0.15) is 6.10 Å². The van der Waals surface area contributed by atoms with Gasteiger partial charge in [-0.2, -0.15) is 0 Å². The van der Waals surface area contributed by atoms with Crippen LogP contribution < -0.4 is 0 Å². The molecule has 37 heavy (non-hydrogen) atoms. The van der Waals surface area contributed by atoms with Crippen molar-refractivity contribution in [2.75, 3.05) is 7.11 Å². The van der Waals surface area contributed by atoms with Crippen LogP contribution in [0.3, 0.4) is 0 Å². The Balaban J connectivity index is 2.23. The summed E-state index contributed by atoms with van der Waals surface area (Å²) in [6.45, 7) is 14.8. The topological polar surface area (TPSA) is 97.4 Å². The van der Waals surface area contributed by atoms with E-state index in [1.807, 2.05) is 26.0 Å². The zero-order chi connectivity index (χ0) is 27.5. The predicted molar refractivity (Wildman–Crippen MR) is 137 cm³/mol. The molecule has 0 unspecified atom stereocenters. The van der Waals surface area contributed by atoms with Gasteiger partial charge in [-0.15, -0.1) is 0 Å². The molecule has 3 rings (SSSR count). The Morgan fingerprint density at radius 2 is 1.84 bits per heavy atom. The molecule has 1 heterocycles. The molecule has 1 aliphatic heterocycles. The third-order valence-electron chi connectivity index (χ3n) is 8.62. The number of carbonyl (C=O) groups excluding carboxylic acids is 3. The van der Waals surface area contributed by atoms with Crippen molar-refractivity contribution in [1.29, 1.82) is 0 Å². The lowest BCUT2D eigenvalue weighted by molar-refractivity contribution is -0.246. The van der Waals surface area contributed by atoms with Crippen LogP contribution in [0.1, 0.15) is 73.6 Å². The third kappa shape index (κ3) is 5.55. The number of rotatable bonds is 9. The van der Waals surface area contributed by atoms with Crippen molar-refractivity contribution < 1.29 is 38.1 Å². The number of hydrogen-bond donors (Lipinski definition) is 0. The fourth-order valence-corrected chi connectivity index (χ4v) is 6.50. The second kappa shape index (κ2) is 11.5. The second-order valence-electron chi connectivity index (χ2n) is 10.9. The van der Waals surface area contributed by atoms with Crippen molar-refractivity contribution in [2.45, 2.75) is 98.4 Å². The largest absolute Gasteiger partial charge is 0.462 e. The Labute approximate surface area is 220 Å². The Hall–Kier alpha value is -2.45. The highest BCUT2D eigenvalue weighted by Gasteiger charge is 2.70. The van der Waals surface area contributed by atoms with Gasteiger partial charge in [0.25, 0.3) is 0 Å². The fraction of sp³-hybridized carbons (Fsp3) is 0.690. The summed E-state index contributed by atoms with van der Waals surface area (Å²) in [4.78, 5) is 37.0. The second-order valence-corrected chi connectivity index (χ2v) is 10.9. The Bertz CT molecular complexity index is 967. The maximum Gasteiger partial charge on any atom is 0.306 e. The fourth-order valence-electron chi connectivity index (χ4n) is 6.50. The molecule has 1 spiro atoms. The number of carbonyl (C=O) groups is 3. The van der Waals surface area contributed by atoms with Crippen LogP contribution in [-0.2, 0) is 38.1 Å². The molecule has 0 radical (unpaired) electrons. The lowest BCUT2D eigenvalue weighted by atomic mass is 9.45. The number of allylic oxidation sites excluding steroid dienone is 3. The van der Waals surface area contributed by atoms with Gasteiger partial charge in [0.05, 0.1) is 11.5 Å². The van der Waals surface area contributed by atoms with E-state index in [-0.39, 0.29) is 23.9 Å². The number of methoxy groups -OCH3 is 1. The van der Waals surface area contributed by atoms with Gasteiger partial charge >= 0.3 is 17.9 Å². The predicted octanol–water partition coefficient (Wildman–Crippen LogP) is 5.02. The van der Waals surface area contributed by atoms with E-state index in [0.29, 0.717) is 37.7 Å². The van der Waals surface area contributed by atoms with Gasteiger partial charge in [0.15, 0.2) is 0 Å². The van der Waals surface area contributed by atoms with Crippen LogP contribution in [0.4, 0.5) is 0 Å². The highest BCUT2D eigenvalue weighted by Crippen LogP contribution is 2.67. The molecule has 8 nitrogen and oxygen atoms in total. The van der Waals surface area contributed by atoms with Crippen LogP contribution >= 0.6 is 0 Å². The molecule has 0 amide bonds. The minimum Gasteiger partial charge on any atom is -0.462 e. The summed E-state index contributed by atoms with van der Waals surface area (Å²) in [5, 5.41) is 0. The van der Waals surface area contributed by atoms with E-state index < -0.39 is 41.5 Å². The molecule has 0 N–H and O–H groups in total. The quantitative estimate of drug-likeness (QED) is 0.182. The molecule has 8 heteroatoms. The first kappa shape index (κ1) is 29.1. The average Bonchev–Trinajstić information content (AvgIpc) is 3.11. The maximum absolute atomic E-state index is 12.7. The van der Waals surface area contributed by atoms with Crippen LogP contribution in [0.15, 0.2) is 36.0 Å². The minimum absolute atomic E-state index is 0.0274. The van der Waals surface area contributed by atoms with E-state index in [9.17, 15) is 14.4 Å². The molecule has 1 saturated heterocycles. The Morgan fingerprint density at radius 1 is 1.16 bits per heavy atom. The molecule has 2 fully saturated rings. The van der Waals surface area contributed by atoms with E-state index in [1.165, 1.54) is 13.8 Å². The summed E-state index contributed by atoms with van der Waals surface area (Å²) in [5.41, 5.74) is 0.466. The van der Waals surface area contributed by atoms with Crippen molar-refractivity contribution in [1.82, 2.24) is 0 Å². The van der Waals surface area contributed by atoms with Gasteiger partial charge in [-0.1, -0.05) is 45.1 Å². The average molecular weight is 519 g/mol. The van der Waals surface area contributed by atoms with Crippen LogP contribution in [-0.4, -0.2) is 49.8 Å². The molecule has 0 aromatic heterocycles. The first-order valence-corrected chi connectivity index (χ1v) is 13.2. The summed E-state index contributed by atoms with van der Waals surface area (Å²) >= 11 is 0. The first-order valence-electron chi connectivity index (χ1n) is 13.2. The van der Waals surface area contributed by atoms with Crippen LogP contribution in [0.25, 0.3) is 0 Å². The number of hydrogen-bond acceptors (Lipinski definition) is 8. The lowest BCUT2D eigenvalue weighted by Crippen LogP contribution is -2.61. The molecule has 0 bridgehead atoms. The van der Waals surface area contributed by atoms with Crippen molar-refractivity contribution >= 4 is 17.9 Å². The summed E-state index contributed by atoms with van der Waals surface area (Å²) in [5.74, 6) is -1.40. The van der Waals surface area contributed by atoms with Crippen molar-refractivity contribution in [2.24, 2.45) is 22.7 Å². The highest BCUT2D eigenvalue weighted by atomic mass is 16.8. The molecule has 0 aromatic rings. The summed E-state index contributed by atoms with van der Waals surface area (Å²) < 4.78 is 29.5. The van der Waals surface area contributed by atoms with E-state index in [4.69, 9.17) is 23.7 Å². The van der Waals surface area contributed by atoms with Crippen LogP contribution in [0.2, 0.25) is 0 Å². The van der Waals surface area contributed by atoms with Gasteiger partial charge in [0, 0.05) is 39.4 Å². The smallest absolute Gasteiger partial charge is 0.306 e. The Morgan fingerprint density at radius 3 is 2.41 bits per heavy atom. The molecular weight excluding hydrogens is 476 g/mol.